The minimum atomic E-state index is -3.32. The van der Waals surface area contributed by atoms with Crippen LogP contribution in [0.1, 0.15) is 25.3 Å². The maximum atomic E-state index is 11.8. The van der Waals surface area contributed by atoms with Crippen LogP contribution in [-0.4, -0.2) is 26.3 Å². The summed E-state index contributed by atoms with van der Waals surface area (Å²) in [5.74, 6) is 1.57. The number of rotatable bonds is 6. The first-order chi connectivity index (χ1) is 11.4. The summed E-state index contributed by atoms with van der Waals surface area (Å²) >= 11 is 0. The van der Waals surface area contributed by atoms with E-state index in [4.69, 9.17) is 4.78 Å². The lowest BCUT2D eigenvalue weighted by Gasteiger charge is -2.05. The van der Waals surface area contributed by atoms with Crippen LogP contribution >= 0.6 is 0 Å². The molecule has 0 radical (unpaired) electrons. The fourth-order valence-corrected chi connectivity index (χ4v) is 3.98. The van der Waals surface area contributed by atoms with E-state index >= 15 is 0 Å². The maximum absolute atomic E-state index is 11.8. The van der Waals surface area contributed by atoms with Gasteiger partial charge in [0.25, 0.3) is 0 Å². The molecule has 3 atom stereocenters. The summed E-state index contributed by atoms with van der Waals surface area (Å²) in [5.41, 5.74) is 1.48. The summed E-state index contributed by atoms with van der Waals surface area (Å²) in [5, 5.41) is 3.31. The molecule has 7 heteroatoms. The molecular weight excluding hydrogens is 324 g/mol. The molecule has 1 aromatic carbocycles. The normalized spacial score (nSPS) is 23.9. The van der Waals surface area contributed by atoms with E-state index in [-0.39, 0.29) is 15.9 Å². The van der Waals surface area contributed by atoms with Crippen molar-refractivity contribution in [3.63, 3.8) is 0 Å². The Kier molecular flexibility index (Phi) is 4.13. The van der Waals surface area contributed by atoms with Crippen molar-refractivity contribution in [1.82, 2.24) is 9.97 Å². The lowest BCUT2D eigenvalue weighted by atomic mass is 10.0. The molecule has 1 heterocycles. The number of hydrogen-bond acceptors (Lipinski definition) is 6. The third-order valence-corrected chi connectivity index (χ3v) is 6.09. The van der Waals surface area contributed by atoms with Gasteiger partial charge < -0.3 is 5.32 Å². The molecular formula is C17H20N4O2S. The van der Waals surface area contributed by atoms with Gasteiger partial charge in [-0.25, -0.2) is 14.0 Å². The molecule has 1 aromatic heterocycles. The van der Waals surface area contributed by atoms with Gasteiger partial charge in [0.15, 0.2) is 0 Å². The minimum absolute atomic E-state index is 0.143. The highest BCUT2D eigenvalue weighted by molar-refractivity contribution is 8.05. The van der Waals surface area contributed by atoms with E-state index in [1.54, 1.807) is 30.7 Å². The Morgan fingerprint density at radius 3 is 2.58 bits per heavy atom. The molecule has 3 rings (SSSR count). The zero-order chi connectivity index (χ0) is 17.4. The summed E-state index contributed by atoms with van der Waals surface area (Å²) in [7, 11) is -3.32. The lowest BCUT2D eigenvalue weighted by Crippen LogP contribution is -2.08. The van der Waals surface area contributed by atoms with Crippen molar-refractivity contribution in [2.75, 3.05) is 11.9 Å². The maximum Gasteiger partial charge on any atom is 0.219 e. The van der Waals surface area contributed by atoms with Gasteiger partial charge in [-0.3, -0.25) is 9.78 Å². The Labute approximate surface area is 141 Å². The van der Waals surface area contributed by atoms with Crippen molar-refractivity contribution in [2.45, 2.75) is 24.7 Å². The number of hydrogen-bond donors (Lipinski definition) is 2. The molecule has 0 amide bonds. The van der Waals surface area contributed by atoms with Crippen LogP contribution < -0.4 is 5.32 Å². The lowest BCUT2D eigenvalue weighted by molar-refractivity contribution is 0.564. The summed E-state index contributed by atoms with van der Waals surface area (Å²) in [6.07, 6.45) is 4.99. The number of nitrogens with one attached hydrogen (secondary N) is 2. The third kappa shape index (κ3) is 3.03. The van der Waals surface area contributed by atoms with Crippen molar-refractivity contribution in [1.29, 1.82) is 4.78 Å². The Morgan fingerprint density at radius 1 is 1.29 bits per heavy atom. The van der Waals surface area contributed by atoms with Crippen LogP contribution in [0.2, 0.25) is 0 Å². The highest BCUT2D eigenvalue weighted by Gasteiger charge is 2.57. The van der Waals surface area contributed by atoms with E-state index in [0.29, 0.717) is 11.8 Å². The van der Waals surface area contributed by atoms with Gasteiger partial charge in [0.05, 0.1) is 11.1 Å². The minimum Gasteiger partial charge on any atom is -0.368 e. The van der Waals surface area contributed by atoms with Gasteiger partial charge in [0, 0.05) is 18.9 Å². The van der Waals surface area contributed by atoms with Gasteiger partial charge in [-0.2, -0.15) is 0 Å². The van der Waals surface area contributed by atoms with E-state index in [2.05, 4.69) is 29.1 Å². The highest BCUT2D eigenvalue weighted by atomic mass is 32.2. The van der Waals surface area contributed by atoms with Crippen LogP contribution in [0.4, 0.5) is 5.82 Å². The van der Waals surface area contributed by atoms with Crippen LogP contribution in [-0.2, 0) is 14.5 Å². The smallest absolute Gasteiger partial charge is 0.219 e. The van der Waals surface area contributed by atoms with Crippen molar-refractivity contribution in [3.05, 3.63) is 48.4 Å². The van der Waals surface area contributed by atoms with E-state index in [1.165, 1.54) is 0 Å². The molecule has 0 aliphatic heterocycles. The zero-order valence-electron chi connectivity index (χ0n) is 13.6. The molecule has 1 aliphatic carbocycles. The first kappa shape index (κ1) is 16.6. The fourth-order valence-electron chi connectivity index (χ4n) is 3.32. The van der Waals surface area contributed by atoms with Crippen LogP contribution in [0.25, 0.3) is 0 Å². The Bertz CT molecular complexity index is 833. The molecule has 0 spiro atoms. The topological polar surface area (TPSA) is 95.8 Å². The highest BCUT2D eigenvalue weighted by Crippen LogP contribution is 2.64. The Balaban J connectivity index is 1.72. The fraction of sp³-hybridized carbons (Fsp3) is 0.353. The first-order valence-electron chi connectivity index (χ1n) is 7.70. The largest absolute Gasteiger partial charge is 0.368 e. The molecule has 24 heavy (non-hydrogen) atoms. The Morgan fingerprint density at radius 2 is 2.00 bits per heavy atom. The predicted octanol–water partition coefficient (Wildman–Crippen LogP) is 2.92. The second-order valence-electron chi connectivity index (χ2n) is 6.64. The van der Waals surface area contributed by atoms with Gasteiger partial charge in [-0.15, -0.1) is 0 Å². The summed E-state index contributed by atoms with van der Waals surface area (Å²) in [6.45, 7) is 5.23. The quantitative estimate of drug-likeness (QED) is 0.786. The number of benzene rings is 1. The SMILES string of the molecule is CC1(C)C(CNc2cnccn2)C1c1ccc(S(=N)(=O)C=O)cc1. The third-order valence-electron chi connectivity index (χ3n) is 4.84. The van der Waals surface area contributed by atoms with Gasteiger partial charge in [0.1, 0.15) is 15.5 Å². The summed E-state index contributed by atoms with van der Waals surface area (Å²) in [4.78, 5) is 19.3. The summed E-state index contributed by atoms with van der Waals surface area (Å²) in [6, 6.07) is 7.00. The summed E-state index contributed by atoms with van der Waals surface area (Å²) < 4.78 is 19.3. The standard InChI is InChI=1S/C17H20N4O2S/c1-17(2)14(9-21-15-10-19-7-8-20-15)16(17)12-3-5-13(6-4-12)24(18,23)11-22/h3-8,10-11,14,16,18H,9H2,1-2H3,(H,20,21). The predicted molar refractivity (Wildman–Crippen MR) is 92.9 cm³/mol. The van der Waals surface area contributed by atoms with Crippen LogP contribution in [0.3, 0.4) is 0 Å². The van der Waals surface area contributed by atoms with Crippen molar-refractivity contribution in [2.24, 2.45) is 11.3 Å². The molecule has 6 nitrogen and oxygen atoms in total. The van der Waals surface area contributed by atoms with E-state index in [0.717, 1.165) is 17.9 Å². The number of carbonyl (C=O) groups excluding carboxylic acids is 1. The average molecular weight is 344 g/mol. The monoisotopic (exact) mass is 344 g/mol. The first-order valence-corrected chi connectivity index (χ1v) is 9.32. The molecule has 2 N–H and O–H groups in total. The number of carbonyl (C=O) groups is 1. The molecule has 1 aliphatic rings. The van der Waals surface area contributed by atoms with Gasteiger partial charge in [-0.1, -0.05) is 26.0 Å². The van der Waals surface area contributed by atoms with Crippen LogP contribution in [0.5, 0.6) is 0 Å². The van der Waals surface area contributed by atoms with E-state index in [9.17, 15) is 9.00 Å². The second-order valence-corrected chi connectivity index (χ2v) is 8.51. The van der Waals surface area contributed by atoms with Gasteiger partial charge in [0.2, 0.25) is 5.62 Å². The van der Waals surface area contributed by atoms with E-state index in [1.807, 2.05) is 12.1 Å². The number of anilines is 1. The van der Waals surface area contributed by atoms with Crippen LogP contribution in [0, 0.1) is 16.1 Å². The zero-order valence-corrected chi connectivity index (χ0v) is 14.4. The number of nitrogens with zero attached hydrogens (tertiary/aromatic N) is 2. The molecule has 2 aromatic rings. The van der Waals surface area contributed by atoms with Crippen molar-refractivity contribution >= 4 is 21.2 Å². The molecule has 126 valence electrons. The Hall–Kier alpha value is -2.28. The molecule has 1 fully saturated rings. The van der Waals surface area contributed by atoms with Gasteiger partial charge >= 0.3 is 0 Å². The van der Waals surface area contributed by atoms with E-state index < -0.39 is 9.73 Å². The number of aromatic nitrogens is 2. The second kappa shape index (κ2) is 5.98. The average Bonchev–Trinajstić information content (AvgIpc) is 3.14. The van der Waals surface area contributed by atoms with Crippen molar-refractivity contribution in [3.8, 4) is 0 Å². The van der Waals surface area contributed by atoms with Gasteiger partial charge in [-0.05, 0) is 34.9 Å². The molecule has 3 unspecified atom stereocenters. The molecule has 1 saturated carbocycles. The van der Waals surface area contributed by atoms with Crippen molar-refractivity contribution < 1.29 is 9.00 Å². The molecule has 0 bridgehead atoms. The van der Waals surface area contributed by atoms with Crippen LogP contribution in [0.15, 0.2) is 47.8 Å². The molecule has 0 saturated heterocycles.